The highest BCUT2D eigenvalue weighted by atomic mass is 32.2. The van der Waals surface area contributed by atoms with Crippen LogP contribution in [0.25, 0.3) is 0 Å². The summed E-state index contributed by atoms with van der Waals surface area (Å²) in [7, 11) is 0.237. The maximum Gasteiger partial charge on any atom is 0.213 e. The lowest BCUT2D eigenvalue weighted by Crippen LogP contribution is -2.31. The number of sulfonamides is 1. The first kappa shape index (κ1) is 12.1. The highest BCUT2D eigenvalue weighted by molar-refractivity contribution is 7.89. The van der Waals surface area contributed by atoms with Crippen molar-refractivity contribution in [3.8, 4) is 0 Å². The summed E-state index contributed by atoms with van der Waals surface area (Å²) in [5.41, 5.74) is 0. The molecule has 0 aromatic carbocycles. The molecular formula is C7H15N5O2S. The molecule has 0 aliphatic rings. The van der Waals surface area contributed by atoms with Crippen molar-refractivity contribution < 1.29 is 8.42 Å². The molecule has 86 valence electrons. The molecule has 0 atom stereocenters. The SMILES string of the molecule is CNCCS(=O)(=O)NCc1nncn1C. The molecule has 1 aromatic rings. The largest absolute Gasteiger partial charge is 0.320 e. The van der Waals surface area contributed by atoms with Gasteiger partial charge in [0.15, 0.2) is 0 Å². The number of nitrogens with zero attached hydrogens (tertiary/aromatic N) is 3. The van der Waals surface area contributed by atoms with Crippen molar-refractivity contribution in [3.05, 3.63) is 12.2 Å². The Morgan fingerprint density at radius 3 is 2.80 bits per heavy atom. The first-order valence-corrected chi connectivity index (χ1v) is 6.15. The van der Waals surface area contributed by atoms with E-state index in [2.05, 4.69) is 20.2 Å². The summed E-state index contributed by atoms with van der Waals surface area (Å²) in [5, 5.41) is 10.2. The van der Waals surface area contributed by atoms with Crippen LogP contribution < -0.4 is 10.0 Å². The number of hydrogen-bond donors (Lipinski definition) is 2. The minimum atomic E-state index is -3.23. The second-order valence-corrected chi connectivity index (χ2v) is 5.03. The van der Waals surface area contributed by atoms with Crippen LogP contribution in [-0.4, -0.2) is 42.5 Å². The van der Waals surface area contributed by atoms with Gasteiger partial charge in [0.1, 0.15) is 12.2 Å². The van der Waals surface area contributed by atoms with E-state index in [4.69, 9.17) is 0 Å². The van der Waals surface area contributed by atoms with E-state index in [1.54, 1.807) is 18.7 Å². The maximum atomic E-state index is 11.4. The van der Waals surface area contributed by atoms with Crippen LogP contribution in [0.3, 0.4) is 0 Å². The minimum absolute atomic E-state index is 0.0569. The number of aromatic nitrogens is 3. The van der Waals surface area contributed by atoms with E-state index < -0.39 is 10.0 Å². The normalized spacial score (nSPS) is 11.9. The standard InChI is InChI=1S/C7H15N5O2S/c1-8-3-4-15(13,14)10-5-7-11-9-6-12(7)2/h6,8,10H,3-5H2,1-2H3. The van der Waals surface area contributed by atoms with Gasteiger partial charge in [-0.05, 0) is 7.05 Å². The molecule has 0 aliphatic carbocycles. The van der Waals surface area contributed by atoms with Gasteiger partial charge >= 0.3 is 0 Å². The molecule has 0 radical (unpaired) electrons. The first-order chi connectivity index (χ1) is 7.05. The number of hydrogen-bond acceptors (Lipinski definition) is 5. The molecular weight excluding hydrogens is 218 g/mol. The molecule has 0 fully saturated rings. The van der Waals surface area contributed by atoms with E-state index in [9.17, 15) is 8.42 Å². The Labute approximate surface area is 88.9 Å². The van der Waals surface area contributed by atoms with Crippen molar-refractivity contribution in [3.63, 3.8) is 0 Å². The second kappa shape index (κ2) is 5.19. The fourth-order valence-corrected chi connectivity index (χ4v) is 1.92. The summed E-state index contributed by atoms with van der Waals surface area (Å²) < 4.78 is 26.9. The first-order valence-electron chi connectivity index (χ1n) is 4.50. The Bertz CT molecular complexity index is 399. The van der Waals surface area contributed by atoms with E-state index in [-0.39, 0.29) is 12.3 Å². The van der Waals surface area contributed by atoms with Crippen molar-refractivity contribution in [2.75, 3.05) is 19.3 Å². The van der Waals surface area contributed by atoms with Crippen LogP contribution in [-0.2, 0) is 23.6 Å². The quantitative estimate of drug-likeness (QED) is 0.621. The predicted octanol–water partition coefficient (Wildman–Crippen LogP) is -1.55. The van der Waals surface area contributed by atoms with Crippen molar-refractivity contribution in [1.82, 2.24) is 24.8 Å². The molecule has 1 rings (SSSR count). The summed E-state index contributed by atoms with van der Waals surface area (Å²) in [5.74, 6) is 0.643. The molecule has 0 spiro atoms. The second-order valence-electron chi connectivity index (χ2n) is 3.10. The zero-order valence-corrected chi connectivity index (χ0v) is 9.58. The van der Waals surface area contributed by atoms with Crippen molar-refractivity contribution in [1.29, 1.82) is 0 Å². The van der Waals surface area contributed by atoms with Gasteiger partial charge in [0.25, 0.3) is 0 Å². The number of nitrogens with one attached hydrogen (secondary N) is 2. The highest BCUT2D eigenvalue weighted by Crippen LogP contribution is 1.92. The van der Waals surface area contributed by atoms with Crippen molar-refractivity contribution in [2.24, 2.45) is 7.05 Å². The monoisotopic (exact) mass is 233 g/mol. The van der Waals surface area contributed by atoms with Gasteiger partial charge in [0, 0.05) is 13.6 Å². The Hall–Kier alpha value is -0.990. The molecule has 0 saturated heterocycles. The van der Waals surface area contributed by atoms with Gasteiger partial charge in [0.2, 0.25) is 10.0 Å². The molecule has 7 nitrogen and oxygen atoms in total. The van der Waals surface area contributed by atoms with Gasteiger partial charge in [-0.3, -0.25) is 0 Å². The third-order valence-corrected chi connectivity index (χ3v) is 3.20. The highest BCUT2D eigenvalue weighted by Gasteiger charge is 2.10. The lowest BCUT2D eigenvalue weighted by Gasteiger charge is -2.05. The van der Waals surface area contributed by atoms with Gasteiger partial charge in [-0.15, -0.1) is 10.2 Å². The Morgan fingerprint density at radius 1 is 1.53 bits per heavy atom. The van der Waals surface area contributed by atoms with Gasteiger partial charge in [0.05, 0.1) is 12.3 Å². The number of rotatable bonds is 6. The van der Waals surface area contributed by atoms with Gasteiger partial charge in [-0.25, -0.2) is 13.1 Å². The molecule has 0 aliphatic heterocycles. The Kier molecular flexibility index (Phi) is 4.18. The van der Waals surface area contributed by atoms with Crippen LogP contribution in [0.1, 0.15) is 5.82 Å². The topological polar surface area (TPSA) is 88.9 Å². The molecule has 0 bridgehead atoms. The summed E-state index contributed by atoms with van der Waals surface area (Å²) in [6.07, 6.45) is 1.53. The molecule has 0 amide bonds. The summed E-state index contributed by atoms with van der Waals surface area (Å²) in [6.45, 7) is 0.594. The average molecular weight is 233 g/mol. The summed E-state index contributed by atoms with van der Waals surface area (Å²) in [4.78, 5) is 0. The molecule has 1 aromatic heterocycles. The summed E-state index contributed by atoms with van der Waals surface area (Å²) >= 11 is 0. The van der Waals surface area contributed by atoms with Crippen LogP contribution in [0.4, 0.5) is 0 Å². The number of aryl methyl sites for hydroxylation is 1. The predicted molar refractivity (Wildman–Crippen MR) is 55.6 cm³/mol. The van der Waals surface area contributed by atoms with Gasteiger partial charge in [-0.1, -0.05) is 0 Å². The van der Waals surface area contributed by atoms with E-state index in [1.165, 1.54) is 6.33 Å². The van der Waals surface area contributed by atoms with Crippen LogP contribution in [0.5, 0.6) is 0 Å². The van der Waals surface area contributed by atoms with E-state index in [1.807, 2.05) is 0 Å². The molecule has 1 heterocycles. The van der Waals surface area contributed by atoms with Crippen molar-refractivity contribution >= 4 is 10.0 Å². The summed E-state index contributed by atoms with van der Waals surface area (Å²) in [6, 6.07) is 0. The Morgan fingerprint density at radius 2 is 2.27 bits per heavy atom. The minimum Gasteiger partial charge on any atom is -0.320 e. The van der Waals surface area contributed by atoms with Gasteiger partial charge < -0.3 is 9.88 Å². The fourth-order valence-electron chi connectivity index (χ4n) is 0.950. The molecule has 0 saturated carbocycles. The molecule has 15 heavy (non-hydrogen) atoms. The zero-order valence-electron chi connectivity index (χ0n) is 8.77. The van der Waals surface area contributed by atoms with E-state index >= 15 is 0 Å². The molecule has 8 heteroatoms. The average Bonchev–Trinajstić information content (AvgIpc) is 2.58. The van der Waals surface area contributed by atoms with Gasteiger partial charge in [-0.2, -0.15) is 0 Å². The smallest absolute Gasteiger partial charge is 0.213 e. The zero-order chi connectivity index (χ0) is 11.3. The maximum absolute atomic E-state index is 11.4. The van der Waals surface area contributed by atoms with Crippen LogP contribution in [0.15, 0.2) is 6.33 Å². The van der Waals surface area contributed by atoms with E-state index in [0.717, 1.165) is 0 Å². The Balaban J connectivity index is 2.46. The van der Waals surface area contributed by atoms with E-state index in [0.29, 0.717) is 12.4 Å². The van der Waals surface area contributed by atoms with Crippen LogP contribution >= 0.6 is 0 Å². The third kappa shape index (κ3) is 3.94. The third-order valence-electron chi connectivity index (χ3n) is 1.88. The molecule has 2 N–H and O–H groups in total. The lowest BCUT2D eigenvalue weighted by atomic mass is 10.6. The lowest BCUT2D eigenvalue weighted by molar-refractivity contribution is 0.575. The van der Waals surface area contributed by atoms with Crippen molar-refractivity contribution in [2.45, 2.75) is 6.54 Å². The molecule has 0 unspecified atom stereocenters. The van der Waals surface area contributed by atoms with Crippen LogP contribution in [0.2, 0.25) is 0 Å². The fraction of sp³-hybridized carbons (Fsp3) is 0.714. The van der Waals surface area contributed by atoms with Crippen LogP contribution in [0, 0.1) is 0 Å².